The van der Waals surface area contributed by atoms with Crippen LogP contribution in [0, 0.1) is 0 Å². The number of nitrogens with zero attached hydrogens (tertiary/aromatic N) is 3. The van der Waals surface area contributed by atoms with Gasteiger partial charge in [0, 0.05) is 19.3 Å². The van der Waals surface area contributed by atoms with Crippen molar-refractivity contribution in [3.63, 3.8) is 0 Å². The molecule has 1 amide bonds. The van der Waals surface area contributed by atoms with Gasteiger partial charge >= 0.3 is 0 Å². The monoisotopic (exact) mass is 349 g/mol. The summed E-state index contributed by atoms with van der Waals surface area (Å²) in [5.74, 6) is 0.910. The third-order valence-electron chi connectivity index (χ3n) is 4.28. The Hall–Kier alpha value is -3.08. The first-order valence-corrected chi connectivity index (χ1v) is 8.69. The van der Waals surface area contributed by atoms with E-state index < -0.39 is 0 Å². The zero-order valence-corrected chi connectivity index (χ0v) is 15.1. The molecule has 5 heteroatoms. The minimum Gasteiger partial charge on any atom is -0.497 e. The van der Waals surface area contributed by atoms with Crippen LogP contribution in [0.25, 0.3) is 5.69 Å². The van der Waals surface area contributed by atoms with E-state index in [0.717, 1.165) is 22.6 Å². The first-order chi connectivity index (χ1) is 12.7. The van der Waals surface area contributed by atoms with Crippen LogP contribution in [0.2, 0.25) is 0 Å². The molecule has 5 nitrogen and oxygen atoms in total. The molecule has 0 atom stereocenters. The number of carbonyl (C=O) groups is 1. The molecular weight excluding hydrogens is 326 g/mol. The van der Waals surface area contributed by atoms with Gasteiger partial charge in [0.05, 0.1) is 25.4 Å². The standard InChI is InChI=1S/C21H23N3O2/c1-3-23(15-17-9-11-20(26-2)12-10-17)21(25)13-18-14-22-24(16-18)19-7-5-4-6-8-19/h4-12,14,16H,3,13,15H2,1-2H3. The number of benzene rings is 2. The van der Waals surface area contributed by atoms with Crippen molar-refractivity contribution in [3.05, 3.63) is 78.1 Å². The molecule has 0 radical (unpaired) electrons. The minimum atomic E-state index is 0.0935. The normalized spacial score (nSPS) is 10.5. The lowest BCUT2D eigenvalue weighted by Gasteiger charge is -2.21. The number of methoxy groups -OCH3 is 1. The third kappa shape index (κ3) is 4.30. The Bertz CT molecular complexity index is 841. The summed E-state index contributed by atoms with van der Waals surface area (Å²) in [5, 5.41) is 4.36. The van der Waals surface area contributed by atoms with Gasteiger partial charge in [0.1, 0.15) is 5.75 Å². The molecule has 0 fully saturated rings. The van der Waals surface area contributed by atoms with Crippen molar-refractivity contribution in [2.45, 2.75) is 19.9 Å². The largest absolute Gasteiger partial charge is 0.497 e. The predicted octanol–water partition coefficient (Wildman–Crippen LogP) is 3.47. The van der Waals surface area contributed by atoms with Gasteiger partial charge in [0.25, 0.3) is 0 Å². The Kier molecular flexibility index (Phi) is 5.69. The van der Waals surface area contributed by atoms with E-state index in [1.54, 1.807) is 18.0 Å². The number of likely N-dealkylation sites (N-methyl/N-ethyl adjacent to an activating group) is 1. The zero-order valence-electron chi connectivity index (χ0n) is 15.1. The van der Waals surface area contributed by atoms with E-state index in [1.165, 1.54) is 0 Å². The summed E-state index contributed by atoms with van der Waals surface area (Å²) in [6.45, 7) is 3.25. The fourth-order valence-electron chi connectivity index (χ4n) is 2.79. The minimum absolute atomic E-state index is 0.0935. The molecule has 0 bridgehead atoms. The fraction of sp³-hybridized carbons (Fsp3) is 0.238. The van der Waals surface area contributed by atoms with Crippen molar-refractivity contribution >= 4 is 5.91 Å². The van der Waals surface area contributed by atoms with E-state index in [0.29, 0.717) is 19.5 Å². The highest BCUT2D eigenvalue weighted by molar-refractivity contribution is 5.78. The number of rotatable bonds is 7. The van der Waals surface area contributed by atoms with E-state index in [4.69, 9.17) is 4.74 Å². The van der Waals surface area contributed by atoms with E-state index in [1.807, 2.05) is 72.6 Å². The lowest BCUT2D eigenvalue weighted by atomic mass is 10.1. The van der Waals surface area contributed by atoms with Crippen LogP contribution in [0.1, 0.15) is 18.1 Å². The molecule has 1 aromatic heterocycles. The van der Waals surface area contributed by atoms with Crippen molar-refractivity contribution in [2.24, 2.45) is 0 Å². The summed E-state index contributed by atoms with van der Waals surface area (Å²) in [6, 6.07) is 17.7. The SMILES string of the molecule is CCN(Cc1ccc(OC)cc1)C(=O)Cc1cnn(-c2ccccc2)c1. The van der Waals surface area contributed by atoms with Gasteiger partial charge in [-0.25, -0.2) is 4.68 Å². The molecule has 1 heterocycles. The molecule has 0 aliphatic carbocycles. The summed E-state index contributed by atoms with van der Waals surface area (Å²) in [5.41, 5.74) is 2.98. The van der Waals surface area contributed by atoms with Gasteiger partial charge in [0.15, 0.2) is 0 Å². The third-order valence-corrected chi connectivity index (χ3v) is 4.28. The molecule has 0 saturated heterocycles. The van der Waals surface area contributed by atoms with E-state index in [-0.39, 0.29) is 5.91 Å². The molecule has 26 heavy (non-hydrogen) atoms. The second-order valence-corrected chi connectivity index (χ2v) is 6.06. The molecule has 134 valence electrons. The second-order valence-electron chi connectivity index (χ2n) is 6.06. The highest BCUT2D eigenvalue weighted by atomic mass is 16.5. The average Bonchev–Trinajstić information content (AvgIpc) is 3.15. The van der Waals surface area contributed by atoms with Gasteiger partial charge < -0.3 is 9.64 Å². The van der Waals surface area contributed by atoms with Gasteiger partial charge in [-0.2, -0.15) is 5.10 Å². The van der Waals surface area contributed by atoms with Crippen LogP contribution in [0.3, 0.4) is 0 Å². The number of carbonyl (C=O) groups excluding carboxylic acids is 1. The number of aromatic nitrogens is 2. The number of para-hydroxylation sites is 1. The first kappa shape index (κ1) is 17.7. The van der Waals surface area contributed by atoms with Gasteiger partial charge in [-0.1, -0.05) is 30.3 Å². The molecule has 0 saturated carbocycles. The molecular formula is C21H23N3O2. The quantitative estimate of drug-likeness (QED) is 0.656. The second kappa shape index (κ2) is 8.34. The van der Waals surface area contributed by atoms with Gasteiger partial charge in [-0.05, 0) is 42.3 Å². The molecule has 3 aromatic rings. The van der Waals surface area contributed by atoms with Crippen molar-refractivity contribution in [1.29, 1.82) is 0 Å². The lowest BCUT2D eigenvalue weighted by molar-refractivity contribution is -0.130. The summed E-state index contributed by atoms with van der Waals surface area (Å²) >= 11 is 0. The zero-order chi connectivity index (χ0) is 18.4. The van der Waals surface area contributed by atoms with Gasteiger partial charge in [0.2, 0.25) is 5.91 Å². The van der Waals surface area contributed by atoms with Crippen LogP contribution in [0.5, 0.6) is 5.75 Å². The smallest absolute Gasteiger partial charge is 0.227 e. The maximum absolute atomic E-state index is 12.7. The Balaban J connectivity index is 1.64. The highest BCUT2D eigenvalue weighted by Crippen LogP contribution is 2.14. The van der Waals surface area contributed by atoms with Crippen molar-refractivity contribution in [2.75, 3.05) is 13.7 Å². The van der Waals surface area contributed by atoms with Crippen molar-refractivity contribution in [1.82, 2.24) is 14.7 Å². The predicted molar refractivity (Wildman–Crippen MR) is 101 cm³/mol. The molecule has 0 spiro atoms. The van der Waals surface area contributed by atoms with Crippen LogP contribution in [0.15, 0.2) is 67.0 Å². The molecule has 0 aliphatic rings. The van der Waals surface area contributed by atoms with Crippen LogP contribution >= 0.6 is 0 Å². The lowest BCUT2D eigenvalue weighted by Crippen LogP contribution is -2.31. The molecule has 0 N–H and O–H groups in total. The van der Waals surface area contributed by atoms with Crippen LogP contribution in [-0.4, -0.2) is 34.2 Å². The maximum atomic E-state index is 12.7. The van der Waals surface area contributed by atoms with Crippen molar-refractivity contribution in [3.8, 4) is 11.4 Å². The Labute approximate surface area is 153 Å². The van der Waals surface area contributed by atoms with E-state index >= 15 is 0 Å². The average molecular weight is 349 g/mol. The maximum Gasteiger partial charge on any atom is 0.227 e. The number of hydrogen-bond donors (Lipinski definition) is 0. The summed E-state index contributed by atoms with van der Waals surface area (Å²) < 4.78 is 6.97. The number of ether oxygens (including phenoxy) is 1. The molecule has 0 aliphatic heterocycles. The van der Waals surface area contributed by atoms with E-state index in [9.17, 15) is 4.79 Å². The van der Waals surface area contributed by atoms with E-state index in [2.05, 4.69) is 5.10 Å². The van der Waals surface area contributed by atoms with Gasteiger partial charge in [-0.3, -0.25) is 4.79 Å². The van der Waals surface area contributed by atoms with Crippen LogP contribution in [0.4, 0.5) is 0 Å². The number of amides is 1. The van der Waals surface area contributed by atoms with Crippen LogP contribution < -0.4 is 4.74 Å². The number of hydrogen-bond acceptors (Lipinski definition) is 3. The summed E-state index contributed by atoms with van der Waals surface area (Å²) in [7, 11) is 1.65. The highest BCUT2D eigenvalue weighted by Gasteiger charge is 2.14. The summed E-state index contributed by atoms with van der Waals surface area (Å²) in [6.07, 6.45) is 4.01. The first-order valence-electron chi connectivity index (χ1n) is 8.69. The fourth-order valence-corrected chi connectivity index (χ4v) is 2.79. The molecule has 0 unspecified atom stereocenters. The topological polar surface area (TPSA) is 47.4 Å². The Morgan fingerprint density at radius 2 is 1.81 bits per heavy atom. The summed E-state index contributed by atoms with van der Waals surface area (Å²) in [4.78, 5) is 14.5. The van der Waals surface area contributed by atoms with Crippen molar-refractivity contribution < 1.29 is 9.53 Å². The Morgan fingerprint density at radius 3 is 2.46 bits per heavy atom. The molecule has 2 aromatic carbocycles. The Morgan fingerprint density at radius 1 is 1.08 bits per heavy atom. The van der Waals surface area contributed by atoms with Crippen LogP contribution in [-0.2, 0) is 17.8 Å². The van der Waals surface area contributed by atoms with Gasteiger partial charge in [-0.15, -0.1) is 0 Å². The molecule has 3 rings (SSSR count).